The van der Waals surface area contributed by atoms with E-state index < -0.39 is 10.0 Å². The smallest absolute Gasteiger partial charge is 0.306 e. The van der Waals surface area contributed by atoms with E-state index in [1.54, 1.807) is 24.3 Å². The number of aryl methyl sites for hydroxylation is 2. The van der Waals surface area contributed by atoms with Gasteiger partial charge in [0.15, 0.2) is 0 Å². The molecule has 0 atom stereocenters. The number of rotatable bonds is 7. The standard InChI is InChI=1S/C21H25NO5S/c1-17-2-4-19(5-3-17)16-27-21(23)11-8-18-6-9-20(10-7-18)28(24,25)22-12-14-26-15-13-22/h2-7,9-10H,8,11-16H2,1H3. The third kappa shape index (κ3) is 5.41. The van der Waals surface area contributed by atoms with Crippen molar-refractivity contribution in [2.75, 3.05) is 26.3 Å². The van der Waals surface area contributed by atoms with Crippen LogP contribution in [0.5, 0.6) is 0 Å². The summed E-state index contributed by atoms with van der Waals surface area (Å²) in [6.45, 7) is 3.85. The first-order valence-electron chi connectivity index (χ1n) is 9.33. The molecule has 2 aromatic carbocycles. The fourth-order valence-electron chi connectivity index (χ4n) is 2.93. The van der Waals surface area contributed by atoms with E-state index >= 15 is 0 Å². The molecule has 150 valence electrons. The zero-order chi connectivity index (χ0) is 20.0. The Balaban J connectivity index is 1.49. The van der Waals surface area contributed by atoms with Gasteiger partial charge in [0.1, 0.15) is 6.61 Å². The number of nitrogens with zero attached hydrogens (tertiary/aromatic N) is 1. The average molecular weight is 404 g/mol. The summed E-state index contributed by atoms with van der Waals surface area (Å²) in [4.78, 5) is 12.2. The van der Waals surface area contributed by atoms with Gasteiger partial charge in [0.2, 0.25) is 10.0 Å². The summed E-state index contributed by atoms with van der Waals surface area (Å²) < 4.78 is 37.1. The van der Waals surface area contributed by atoms with Gasteiger partial charge in [-0.15, -0.1) is 0 Å². The predicted molar refractivity (Wildman–Crippen MR) is 105 cm³/mol. The molecule has 3 rings (SSSR count). The first-order valence-corrected chi connectivity index (χ1v) is 10.8. The molecule has 0 unspecified atom stereocenters. The fraction of sp³-hybridized carbons (Fsp3) is 0.381. The van der Waals surface area contributed by atoms with Gasteiger partial charge >= 0.3 is 5.97 Å². The zero-order valence-electron chi connectivity index (χ0n) is 16.0. The number of hydrogen-bond donors (Lipinski definition) is 0. The van der Waals surface area contributed by atoms with Crippen molar-refractivity contribution in [1.82, 2.24) is 4.31 Å². The Bertz CT molecular complexity index is 885. The van der Waals surface area contributed by atoms with Gasteiger partial charge in [-0.2, -0.15) is 4.31 Å². The zero-order valence-corrected chi connectivity index (χ0v) is 16.8. The molecule has 2 aromatic rings. The fourth-order valence-corrected chi connectivity index (χ4v) is 4.34. The van der Waals surface area contributed by atoms with E-state index in [1.165, 1.54) is 4.31 Å². The number of morpholine rings is 1. The molecule has 1 saturated heterocycles. The van der Waals surface area contributed by atoms with Crippen molar-refractivity contribution in [2.45, 2.75) is 31.3 Å². The van der Waals surface area contributed by atoms with Gasteiger partial charge in [0.05, 0.1) is 18.1 Å². The van der Waals surface area contributed by atoms with E-state index in [2.05, 4.69) is 0 Å². The van der Waals surface area contributed by atoms with E-state index in [4.69, 9.17) is 9.47 Å². The van der Waals surface area contributed by atoms with Crippen molar-refractivity contribution in [2.24, 2.45) is 0 Å². The summed E-state index contributed by atoms with van der Waals surface area (Å²) in [5, 5.41) is 0. The van der Waals surface area contributed by atoms with Crippen molar-refractivity contribution < 1.29 is 22.7 Å². The number of carbonyl (C=O) groups is 1. The molecular weight excluding hydrogens is 378 g/mol. The third-order valence-corrected chi connectivity index (χ3v) is 6.58. The topological polar surface area (TPSA) is 72.9 Å². The van der Waals surface area contributed by atoms with Gasteiger partial charge in [-0.25, -0.2) is 8.42 Å². The quantitative estimate of drug-likeness (QED) is 0.665. The van der Waals surface area contributed by atoms with Crippen LogP contribution >= 0.6 is 0 Å². The highest BCUT2D eigenvalue weighted by Crippen LogP contribution is 2.18. The second-order valence-electron chi connectivity index (χ2n) is 6.81. The van der Waals surface area contributed by atoms with E-state index in [9.17, 15) is 13.2 Å². The lowest BCUT2D eigenvalue weighted by molar-refractivity contribution is -0.144. The molecule has 0 aliphatic carbocycles. The summed E-state index contributed by atoms with van der Waals surface area (Å²) in [7, 11) is -3.49. The van der Waals surface area contributed by atoms with Crippen molar-refractivity contribution in [3.63, 3.8) is 0 Å². The Morgan fingerprint density at radius 3 is 2.25 bits per heavy atom. The second kappa shape index (κ2) is 9.32. The first kappa shape index (κ1) is 20.5. The molecular formula is C21H25NO5S. The molecule has 7 heteroatoms. The molecule has 0 bridgehead atoms. The Morgan fingerprint density at radius 1 is 1.00 bits per heavy atom. The SMILES string of the molecule is Cc1ccc(COC(=O)CCc2ccc(S(=O)(=O)N3CCOCC3)cc2)cc1. The van der Waals surface area contributed by atoms with Crippen molar-refractivity contribution in [3.8, 4) is 0 Å². The van der Waals surface area contributed by atoms with Crippen LogP contribution in [-0.2, 0) is 37.3 Å². The Hall–Kier alpha value is -2.22. The lowest BCUT2D eigenvalue weighted by Gasteiger charge is -2.26. The van der Waals surface area contributed by atoms with Crippen LogP contribution in [0.2, 0.25) is 0 Å². The van der Waals surface area contributed by atoms with E-state index in [1.807, 2.05) is 31.2 Å². The Kier molecular flexibility index (Phi) is 6.83. The van der Waals surface area contributed by atoms with E-state index in [0.717, 1.165) is 16.7 Å². The molecule has 1 aliphatic heterocycles. The number of benzene rings is 2. The summed E-state index contributed by atoms with van der Waals surface area (Å²) in [5.41, 5.74) is 3.01. The molecule has 1 aliphatic rings. The number of ether oxygens (including phenoxy) is 2. The third-order valence-electron chi connectivity index (χ3n) is 4.67. The molecule has 0 amide bonds. The van der Waals surface area contributed by atoms with Crippen LogP contribution in [0.3, 0.4) is 0 Å². The molecule has 1 fully saturated rings. The lowest BCUT2D eigenvalue weighted by Crippen LogP contribution is -2.40. The predicted octanol–water partition coefficient (Wildman–Crippen LogP) is 2.69. The van der Waals surface area contributed by atoms with Gasteiger partial charge in [-0.3, -0.25) is 4.79 Å². The number of esters is 1. The highest BCUT2D eigenvalue weighted by molar-refractivity contribution is 7.89. The monoisotopic (exact) mass is 403 g/mol. The molecule has 0 aromatic heterocycles. The summed E-state index contributed by atoms with van der Waals surface area (Å²) in [6.07, 6.45) is 0.756. The maximum atomic E-state index is 12.6. The number of sulfonamides is 1. The molecule has 0 radical (unpaired) electrons. The first-order chi connectivity index (χ1) is 13.4. The van der Waals surface area contributed by atoms with E-state index in [0.29, 0.717) is 32.7 Å². The van der Waals surface area contributed by atoms with Gasteiger partial charge in [0.25, 0.3) is 0 Å². The van der Waals surface area contributed by atoms with Gasteiger partial charge in [-0.05, 0) is 36.6 Å². The van der Waals surface area contributed by atoms with Crippen LogP contribution in [0.4, 0.5) is 0 Å². The maximum absolute atomic E-state index is 12.6. The van der Waals surface area contributed by atoms with Crippen molar-refractivity contribution in [1.29, 1.82) is 0 Å². The molecule has 0 N–H and O–H groups in total. The molecule has 6 nitrogen and oxygen atoms in total. The van der Waals surface area contributed by atoms with E-state index in [-0.39, 0.29) is 23.9 Å². The number of hydrogen-bond acceptors (Lipinski definition) is 5. The minimum absolute atomic E-state index is 0.251. The molecule has 1 heterocycles. The largest absolute Gasteiger partial charge is 0.461 e. The minimum atomic E-state index is -3.49. The van der Waals surface area contributed by atoms with Crippen LogP contribution < -0.4 is 0 Å². The summed E-state index contributed by atoms with van der Waals surface area (Å²) >= 11 is 0. The molecule has 0 spiro atoms. The molecule has 28 heavy (non-hydrogen) atoms. The van der Waals surface area contributed by atoms with Gasteiger partial charge in [-0.1, -0.05) is 42.0 Å². The number of carbonyl (C=O) groups excluding carboxylic acids is 1. The van der Waals surface area contributed by atoms with Crippen LogP contribution in [0, 0.1) is 6.92 Å². The highest BCUT2D eigenvalue weighted by Gasteiger charge is 2.26. The van der Waals surface area contributed by atoms with Crippen LogP contribution in [0.1, 0.15) is 23.1 Å². The van der Waals surface area contributed by atoms with Crippen molar-refractivity contribution >= 4 is 16.0 Å². The highest BCUT2D eigenvalue weighted by atomic mass is 32.2. The average Bonchev–Trinajstić information content (AvgIpc) is 2.73. The summed E-state index contributed by atoms with van der Waals surface area (Å²) in [5.74, 6) is -0.273. The van der Waals surface area contributed by atoms with Crippen LogP contribution in [-0.4, -0.2) is 45.0 Å². The lowest BCUT2D eigenvalue weighted by atomic mass is 10.1. The maximum Gasteiger partial charge on any atom is 0.306 e. The normalized spacial score (nSPS) is 15.3. The van der Waals surface area contributed by atoms with Gasteiger partial charge < -0.3 is 9.47 Å². The van der Waals surface area contributed by atoms with Crippen molar-refractivity contribution in [3.05, 3.63) is 65.2 Å². The van der Waals surface area contributed by atoms with Crippen LogP contribution in [0.25, 0.3) is 0 Å². The van der Waals surface area contributed by atoms with Crippen LogP contribution in [0.15, 0.2) is 53.4 Å². The second-order valence-corrected chi connectivity index (χ2v) is 8.74. The summed E-state index contributed by atoms with van der Waals surface area (Å²) in [6, 6.07) is 14.5. The Labute approximate surface area is 166 Å². The minimum Gasteiger partial charge on any atom is -0.461 e. The molecule has 0 saturated carbocycles. The van der Waals surface area contributed by atoms with Gasteiger partial charge in [0, 0.05) is 19.5 Å². The Morgan fingerprint density at radius 2 is 1.61 bits per heavy atom.